The Morgan fingerprint density at radius 1 is 1.26 bits per heavy atom. The maximum Gasteiger partial charge on any atom is 0.491 e. The summed E-state index contributed by atoms with van der Waals surface area (Å²) in [5.41, 5.74) is 7.11. The number of carbonyl (C=O) groups is 2. The molecule has 35 heavy (non-hydrogen) atoms. The molecule has 184 valence electrons. The summed E-state index contributed by atoms with van der Waals surface area (Å²) in [5, 5.41) is 14.6. The van der Waals surface area contributed by atoms with Crippen molar-refractivity contribution in [2.24, 2.45) is 5.92 Å². The van der Waals surface area contributed by atoms with Crippen LogP contribution in [0.1, 0.15) is 60.5 Å². The van der Waals surface area contributed by atoms with Gasteiger partial charge in [0.05, 0.1) is 23.6 Å². The molecule has 1 aliphatic heterocycles. The van der Waals surface area contributed by atoms with Crippen molar-refractivity contribution in [2.45, 2.75) is 51.2 Å². The minimum atomic E-state index is -5.25. The smallest absolute Gasteiger partial charge is 0.430 e. The number of ether oxygens (including phenoxy) is 1. The number of carbonyl (C=O) groups excluding carboxylic acids is 2. The van der Waals surface area contributed by atoms with Gasteiger partial charge in [-0.25, -0.2) is 19.3 Å². The van der Waals surface area contributed by atoms with E-state index in [1.54, 1.807) is 6.92 Å². The van der Waals surface area contributed by atoms with Crippen LogP contribution in [0, 0.1) is 5.92 Å². The second-order valence-corrected chi connectivity index (χ2v) is 8.78. The first-order valence-corrected chi connectivity index (χ1v) is 10.9. The van der Waals surface area contributed by atoms with E-state index < -0.39 is 36.4 Å². The van der Waals surface area contributed by atoms with Crippen molar-refractivity contribution in [3.63, 3.8) is 0 Å². The van der Waals surface area contributed by atoms with E-state index in [1.165, 1.54) is 36.1 Å². The van der Waals surface area contributed by atoms with Gasteiger partial charge >= 0.3 is 12.1 Å². The van der Waals surface area contributed by atoms with Crippen LogP contribution in [-0.2, 0) is 9.53 Å². The lowest BCUT2D eigenvalue weighted by Gasteiger charge is -2.31. The molecule has 3 N–H and O–H groups in total. The third kappa shape index (κ3) is 3.75. The van der Waals surface area contributed by atoms with E-state index in [4.69, 9.17) is 10.5 Å². The summed E-state index contributed by atoms with van der Waals surface area (Å²) in [4.78, 5) is 34.6. The number of rotatable bonds is 5. The van der Waals surface area contributed by atoms with Crippen LogP contribution >= 0.6 is 0 Å². The summed E-state index contributed by atoms with van der Waals surface area (Å²) < 4.78 is 45.7. The molecule has 1 amide bonds. The van der Waals surface area contributed by atoms with E-state index in [9.17, 15) is 27.9 Å². The van der Waals surface area contributed by atoms with E-state index in [0.717, 1.165) is 17.7 Å². The zero-order valence-electron chi connectivity index (χ0n) is 18.7. The fourth-order valence-electron chi connectivity index (χ4n) is 4.52. The van der Waals surface area contributed by atoms with Gasteiger partial charge in [-0.2, -0.15) is 18.3 Å². The van der Waals surface area contributed by atoms with Crippen molar-refractivity contribution in [1.29, 1.82) is 0 Å². The zero-order chi connectivity index (χ0) is 25.2. The van der Waals surface area contributed by atoms with Gasteiger partial charge < -0.3 is 15.6 Å². The van der Waals surface area contributed by atoms with Crippen molar-refractivity contribution < 1.29 is 32.6 Å². The summed E-state index contributed by atoms with van der Waals surface area (Å²) in [7, 11) is 0. The van der Waals surface area contributed by atoms with E-state index in [0.29, 0.717) is 11.3 Å². The maximum absolute atomic E-state index is 13.5. The number of nitrogen functional groups attached to an aromatic ring is 1. The Bertz CT molecular complexity index is 1350. The number of nitrogens with two attached hydrogens (primary N) is 1. The average Bonchev–Trinajstić information content (AvgIpc) is 3.49. The minimum absolute atomic E-state index is 0.0131. The lowest BCUT2D eigenvalue weighted by atomic mass is 9.94. The number of aliphatic hydroxyl groups excluding tert-OH is 1. The van der Waals surface area contributed by atoms with Gasteiger partial charge in [-0.05, 0) is 50.3 Å². The number of benzene rings is 1. The number of halogens is 3. The van der Waals surface area contributed by atoms with Crippen molar-refractivity contribution >= 4 is 23.3 Å². The molecule has 1 saturated carbocycles. The molecule has 5 rings (SSSR count). The Kier molecular flexibility index (Phi) is 5.20. The number of amides is 1. The molecule has 0 radical (unpaired) electrons. The SMILES string of the molecule is CC(O)c1cc(-c2cnc3c(N)ncnn23)cc2c1C(=O)N([C@@H](C)C1CC1)C2OC(=O)C(F)(F)F. The Hall–Kier alpha value is -3.74. The first-order valence-electron chi connectivity index (χ1n) is 10.9. The van der Waals surface area contributed by atoms with Crippen LogP contribution in [0.4, 0.5) is 19.0 Å². The van der Waals surface area contributed by atoms with E-state index in [2.05, 4.69) is 15.1 Å². The molecule has 1 aliphatic carbocycles. The van der Waals surface area contributed by atoms with Crippen molar-refractivity contribution in [1.82, 2.24) is 24.5 Å². The van der Waals surface area contributed by atoms with Gasteiger partial charge in [-0.1, -0.05) is 0 Å². The molecule has 13 heteroatoms. The second-order valence-electron chi connectivity index (χ2n) is 8.78. The van der Waals surface area contributed by atoms with Crippen LogP contribution in [0.15, 0.2) is 24.7 Å². The van der Waals surface area contributed by atoms with Crippen LogP contribution in [0.3, 0.4) is 0 Å². The predicted octanol–water partition coefficient (Wildman–Crippen LogP) is 2.79. The minimum Gasteiger partial charge on any atom is -0.430 e. The molecule has 2 aromatic heterocycles. The fourth-order valence-corrected chi connectivity index (χ4v) is 4.52. The zero-order valence-corrected chi connectivity index (χ0v) is 18.7. The molecule has 3 aromatic rings. The monoisotopic (exact) mass is 490 g/mol. The highest BCUT2D eigenvalue weighted by molar-refractivity contribution is 6.02. The van der Waals surface area contributed by atoms with Crippen molar-refractivity contribution in [2.75, 3.05) is 5.73 Å². The Labute approximate surface area is 196 Å². The van der Waals surface area contributed by atoms with Gasteiger partial charge in [0.2, 0.25) is 6.23 Å². The molecule has 10 nitrogen and oxygen atoms in total. The molecule has 1 fully saturated rings. The number of nitrogens with zero attached hydrogens (tertiary/aromatic N) is 5. The van der Waals surface area contributed by atoms with Crippen LogP contribution in [0.2, 0.25) is 0 Å². The lowest BCUT2D eigenvalue weighted by molar-refractivity contribution is -0.212. The van der Waals surface area contributed by atoms with E-state index in [1.807, 2.05) is 0 Å². The third-order valence-corrected chi connectivity index (χ3v) is 6.44. The quantitative estimate of drug-likeness (QED) is 0.521. The van der Waals surface area contributed by atoms with Gasteiger partial charge in [-0.15, -0.1) is 0 Å². The number of aromatic nitrogens is 4. The molecule has 2 unspecified atom stereocenters. The summed E-state index contributed by atoms with van der Waals surface area (Å²) in [5.74, 6) is -2.82. The molecule has 0 bridgehead atoms. The molecular weight excluding hydrogens is 469 g/mol. The summed E-state index contributed by atoms with van der Waals surface area (Å²) in [6, 6.07) is 2.51. The Morgan fingerprint density at radius 2 is 1.97 bits per heavy atom. The average molecular weight is 490 g/mol. The van der Waals surface area contributed by atoms with Gasteiger partial charge in [0.1, 0.15) is 6.33 Å². The molecule has 2 aliphatic rings. The number of aliphatic hydroxyl groups is 1. The number of hydrogen-bond acceptors (Lipinski definition) is 8. The van der Waals surface area contributed by atoms with Gasteiger partial charge in [0.15, 0.2) is 11.5 Å². The fraction of sp³-hybridized carbons (Fsp3) is 0.409. The van der Waals surface area contributed by atoms with Crippen LogP contribution in [-0.4, -0.2) is 53.7 Å². The lowest BCUT2D eigenvalue weighted by Crippen LogP contribution is -2.41. The standard InChI is InChI=1S/C22H21F3N6O4/c1-9(11-3-4-11)30-19(33)16-13(10(2)32)5-12(6-14(16)20(30)35-21(34)22(23,24)25)15-7-27-18-17(26)28-8-29-31(15)18/h5-11,20,32H,3-4H2,1-2H3,(H2,26,28,29)/t9-,10?,20?/m0/s1. The maximum atomic E-state index is 13.5. The molecule has 1 aromatic carbocycles. The summed E-state index contributed by atoms with van der Waals surface area (Å²) >= 11 is 0. The van der Waals surface area contributed by atoms with Crippen molar-refractivity contribution in [3.05, 3.63) is 41.3 Å². The number of anilines is 1. The number of fused-ring (bicyclic) bond motifs is 2. The highest BCUT2D eigenvalue weighted by Gasteiger charge is 2.51. The molecule has 3 heterocycles. The second kappa shape index (κ2) is 7.90. The summed E-state index contributed by atoms with van der Waals surface area (Å²) in [6.07, 6.45) is -3.75. The van der Waals surface area contributed by atoms with Gasteiger partial charge in [0.25, 0.3) is 5.91 Å². The van der Waals surface area contributed by atoms with Gasteiger partial charge in [-0.3, -0.25) is 9.69 Å². The highest BCUT2D eigenvalue weighted by Crippen LogP contribution is 2.46. The Morgan fingerprint density at radius 3 is 2.60 bits per heavy atom. The topological polar surface area (TPSA) is 136 Å². The molecule has 3 atom stereocenters. The Balaban J connectivity index is 1.70. The highest BCUT2D eigenvalue weighted by atomic mass is 19.4. The van der Waals surface area contributed by atoms with Crippen molar-refractivity contribution in [3.8, 4) is 11.3 Å². The number of hydrogen-bond donors (Lipinski definition) is 2. The van der Waals surface area contributed by atoms with Crippen LogP contribution in [0.5, 0.6) is 0 Å². The van der Waals surface area contributed by atoms with Crippen LogP contribution < -0.4 is 5.73 Å². The molecule has 0 spiro atoms. The number of esters is 1. The normalized spacial score (nSPS) is 19.7. The predicted molar refractivity (Wildman–Crippen MR) is 115 cm³/mol. The first-order chi connectivity index (χ1) is 16.5. The largest absolute Gasteiger partial charge is 0.491 e. The number of alkyl halides is 3. The number of imidazole rings is 1. The molecule has 0 saturated heterocycles. The summed E-state index contributed by atoms with van der Waals surface area (Å²) in [6.45, 7) is 3.15. The van der Waals surface area contributed by atoms with E-state index >= 15 is 0 Å². The molecular formula is C22H21F3N6O4. The van der Waals surface area contributed by atoms with Gasteiger partial charge in [0, 0.05) is 17.2 Å². The third-order valence-electron chi connectivity index (χ3n) is 6.44. The first kappa shape index (κ1) is 23.0. The van der Waals surface area contributed by atoms with Crippen LogP contribution in [0.25, 0.3) is 16.9 Å². The van der Waals surface area contributed by atoms with E-state index in [-0.39, 0.29) is 34.1 Å².